The maximum absolute atomic E-state index is 13.1. The first kappa shape index (κ1) is 17.0. The van der Waals surface area contributed by atoms with Gasteiger partial charge < -0.3 is 0 Å². The molecule has 1 saturated carbocycles. The Morgan fingerprint density at radius 3 is 2.29 bits per heavy atom. The van der Waals surface area contributed by atoms with Crippen molar-refractivity contribution < 1.29 is 13.2 Å². The second-order valence-corrected chi connectivity index (χ2v) is 8.35. The van der Waals surface area contributed by atoms with E-state index >= 15 is 0 Å². The molecule has 0 unspecified atom stereocenters. The molecule has 2 aromatic carbocycles. The molecule has 4 nitrogen and oxygen atoms in total. The minimum atomic E-state index is -3.99. The van der Waals surface area contributed by atoms with Crippen molar-refractivity contribution in [2.45, 2.75) is 31.6 Å². The zero-order chi connectivity index (χ0) is 17.5. The van der Waals surface area contributed by atoms with Crippen LogP contribution in [0.3, 0.4) is 0 Å². The van der Waals surface area contributed by atoms with E-state index in [4.69, 9.17) is 11.6 Å². The van der Waals surface area contributed by atoms with E-state index in [1.807, 2.05) is 19.1 Å². The van der Waals surface area contributed by atoms with Crippen LogP contribution < -0.4 is 4.31 Å². The minimum Gasteiger partial charge on any atom is -0.273 e. The molecule has 0 aliphatic heterocycles. The highest BCUT2D eigenvalue weighted by Crippen LogP contribution is 2.37. The Hall–Kier alpha value is -1.85. The lowest BCUT2D eigenvalue weighted by atomic mass is 10.1. The van der Waals surface area contributed by atoms with Crippen molar-refractivity contribution in [3.8, 4) is 0 Å². The van der Waals surface area contributed by atoms with E-state index in [0.717, 1.165) is 28.3 Å². The number of carbonyl (C=O) groups excluding carboxylic acids is 1. The Balaban J connectivity index is 2.16. The van der Waals surface area contributed by atoms with Gasteiger partial charge in [-0.15, -0.1) is 0 Å². The fraction of sp³-hybridized carbons (Fsp3) is 0.278. The van der Waals surface area contributed by atoms with E-state index < -0.39 is 10.0 Å². The van der Waals surface area contributed by atoms with Gasteiger partial charge in [0, 0.05) is 10.9 Å². The zero-order valence-electron chi connectivity index (χ0n) is 13.5. The monoisotopic (exact) mass is 363 g/mol. The van der Waals surface area contributed by atoms with Crippen molar-refractivity contribution >= 4 is 33.2 Å². The number of rotatable bonds is 4. The van der Waals surface area contributed by atoms with Crippen LogP contribution in [0, 0.1) is 19.8 Å². The molecule has 1 aliphatic carbocycles. The predicted octanol–water partition coefficient (Wildman–Crippen LogP) is 4.09. The van der Waals surface area contributed by atoms with Gasteiger partial charge in [0.05, 0.1) is 10.6 Å². The summed E-state index contributed by atoms with van der Waals surface area (Å²) in [5.74, 6) is -0.578. The summed E-state index contributed by atoms with van der Waals surface area (Å²) >= 11 is 5.85. The highest BCUT2D eigenvalue weighted by molar-refractivity contribution is 7.93. The van der Waals surface area contributed by atoms with E-state index in [1.54, 1.807) is 13.0 Å². The van der Waals surface area contributed by atoms with Gasteiger partial charge in [0.15, 0.2) is 0 Å². The quantitative estimate of drug-likeness (QED) is 0.822. The summed E-state index contributed by atoms with van der Waals surface area (Å²) in [5.41, 5.74) is 2.06. The van der Waals surface area contributed by atoms with Crippen LogP contribution in [0.15, 0.2) is 47.4 Å². The average molecular weight is 364 g/mol. The second-order valence-electron chi connectivity index (χ2n) is 6.13. The molecule has 0 N–H and O–H groups in total. The van der Waals surface area contributed by atoms with Crippen LogP contribution in [-0.4, -0.2) is 14.3 Å². The molecule has 0 heterocycles. The molecule has 3 rings (SSSR count). The third-order valence-corrected chi connectivity index (χ3v) is 6.04. The summed E-state index contributed by atoms with van der Waals surface area (Å²) in [5, 5.41) is 0.445. The number of carbonyl (C=O) groups is 1. The van der Waals surface area contributed by atoms with Gasteiger partial charge in [0.25, 0.3) is 10.0 Å². The lowest BCUT2D eigenvalue weighted by Crippen LogP contribution is -2.38. The first-order chi connectivity index (χ1) is 11.3. The van der Waals surface area contributed by atoms with Gasteiger partial charge in [0.1, 0.15) is 0 Å². The van der Waals surface area contributed by atoms with Gasteiger partial charge in [-0.25, -0.2) is 12.7 Å². The maximum Gasteiger partial charge on any atom is 0.270 e. The Morgan fingerprint density at radius 2 is 1.71 bits per heavy atom. The SMILES string of the molecule is Cc1ccc(C)c(N(C(=O)C2CC2)S(=O)(=O)c2ccc(Cl)cc2)c1. The van der Waals surface area contributed by atoms with Gasteiger partial charge in [-0.2, -0.15) is 0 Å². The van der Waals surface area contributed by atoms with Crippen molar-refractivity contribution in [1.29, 1.82) is 0 Å². The van der Waals surface area contributed by atoms with Crippen molar-refractivity contribution in [3.63, 3.8) is 0 Å². The molecule has 126 valence electrons. The van der Waals surface area contributed by atoms with Crippen LogP contribution in [0.25, 0.3) is 0 Å². The van der Waals surface area contributed by atoms with Gasteiger partial charge in [0.2, 0.25) is 5.91 Å². The first-order valence-corrected chi connectivity index (χ1v) is 9.54. The molecule has 1 amide bonds. The Bertz CT molecular complexity index is 887. The molecule has 0 aromatic heterocycles. The fourth-order valence-electron chi connectivity index (χ4n) is 2.51. The third kappa shape index (κ3) is 3.19. The largest absolute Gasteiger partial charge is 0.273 e. The van der Waals surface area contributed by atoms with E-state index in [0.29, 0.717) is 10.7 Å². The van der Waals surface area contributed by atoms with Gasteiger partial charge in [-0.05, 0) is 68.1 Å². The maximum atomic E-state index is 13.1. The number of sulfonamides is 1. The Kier molecular flexibility index (Phi) is 4.40. The molecular formula is C18H18ClNO3S. The highest BCUT2D eigenvalue weighted by atomic mass is 35.5. The molecule has 6 heteroatoms. The highest BCUT2D eigenvalue weighted by Gasteiger charge is 2.40. The van der Waals surface area contributed by atoms with E-state index in [2.05, 4.69) is 0 Å². The van der Waals surface area contributed by atoms with Gasteiger partial charge in [-0.3, -0.25) is 4.79 Å². The molecule has 1 fully saturated rings. The predicted molar refractivity (Wildman–Crippen MR) is 94.8 cm³/mol. The van der Waals surface area contributed by atoms with Crippen LogP contribution in [0.2, 0.25) is 5.02 Å². The first-order valence-electron chi connectivity index (χ1n) is 7.72. The number of hydrogen-bond donors (Lipinski definition) is 0. The van der Waals surface area contributed by atoms with Crippen LogP contribution in [0.5, 0.6) is 0 Å². The molecule has 0 radical (unpaired) electrons. The van der Waals surface area contributed by atoms with Crippen LogP contribution in [-0.2, 0) is 14.8 Å². The molecular weight excluding hydrogens is 346 g/mol. The van der Waals surface area contributed by atoms with Crippen LogP contribution >= 0.6 is 11.6 Å². The van der Waals surface area contributed by atoms with Gasteiger partial charge >= 0.3 is 0 Å². The average Bonchev–Trinajstić information content (AvgIpc) is 3.36. The molecule has 0 atom stereocenters. The van der Waals surface area contributed by atoms with Crippen LogP contribution in [0.1, 0.15) is 24.0 Å². The van der Waals surface area contributed by atoms with E-state index in [9.17, 15) is 13.2 Å². The molecule has 0 bridgehead atoms. The number of aryl methyl sites for hydroxylation is 2. The number of nitrogens with zero attached hydrogens (tertiary/aromatic N) is 1. The second kappa shape index (κ2) is 6.22. The Labute approximate surface area is 147 Å². The van der Waals surface area contributed by atoms with E-state index in [-0.39, 0.29) is 16.7 Å². The number of hydrogen-bond acceptors (Lipinski definition) is 3. The fourth-order valence-corrected chi connectivity index (χ4v) is 4.17. The summed E-state index contributed by atoms with van der Waals surface area (Å²) in [4.78, 5) is 12.8. The Morgan fingerprint density at radius 1 is 1.08 bits per heavy atom. The lowest BCUT2D eigenvalue weighted by molar-refractivity contribution is -0.118. The molecule has 2 aromatic rings. The number of halogens is 1. The molecule has 0 saturated heterocycles. The summed E-state index contributed by atoms with van der Waals surface area (Å²) < 4.78 is 27.3. The lowest BCUT2D eigenvalue weighted by Gasteiger charge is -2.24. The molecule has 0 spiro atoms. The molecule has 24 heavy (non-hydrogen) atoms. The van der Waals surface area contributed by atoms with Crippen molar-refractivity contribution in [3.05, 3.63) is 58.6 Å². The standard InChI is InChI=1S/C18H18ClNO3S/c1-12-3-4-13(2)17(11-12)20(18(21)14-5-6-14)24(22,23)16-9-7-15(19)8-10-16/h3-4,7-11,14H,5-6H2,1-2H3. The van der Waals surface area contributed by atoms with Crippen molar-refractivity contribution in [2.24, 2.45) is 5.92 Å². The van der Waals surface area contributed by atoms with Crippen molar-refractivity contribution in [1.82, 2.24) is 0 Å². The summed E-state index contributed by atoms with van der Waals surface area (Å²) in [7, 11) is -3.99. The normalized spacial score (nSPS) is 14.5. The number of benzene rings is 2. The summed E-state index contributed by atoms with van der Waals surface area (Å²) in [6, 6.07) is 11.3. The van der Waals surface area contributed by atoms with E-state index in [1.165, 1.54) is 24.3 Å². The topological polar surface area (TPSA) is 54.5 Å². The molecule has 1 aliphatic rings. The number of amides is 1. The zero-order valence-corrected chi connectivity index (χ0v) is 15.1. The summed E-state index contributed by atoms with van der Waals surface area (Å²) in [6.45, 7) is 3.68. The summed E-state index contributed by atoms with van der Waals surface area (Å²) in [6.07, 6.45) is 1.46. The van der Waals surface area contributed by atoms with Crippen molar-refractivity contribution in [2.75, 3.05) is 4.31 Å². The number of anilines is 1. The van der Waals surface area contributed by atoms with Crippen LogP contribution in [0.4, 0.5) is 5.69 Å². The minimum absolute atomic E-state index is 0.0572. The van der Waals surface area contributed by atoms with Gasteiger partial charge in [-0.1, -0.05) is 23.7 Å². The third-order valence-electron chi connectivity index (χ3n) is 4.06. The smallest absolute Gasteiger partial charge is 0.270 e.